The van der Waals surface area contributed by atoms with Gasteiger partial charge in [-0.25, -0.2) is 4.39 Å². The van der Waals surface area contributed by atoms with Crippen molar-refractivity contribution in [3.8, 4) is 6.07 Å². The Kier molecular flexibility index (Phi) is 4.96. The standard InChI is InChI=1S/C17H22FN/c1-2-13-3-5-14(6-4-13)7-8-15-9-10-16(12-19)17(18)11-15/h9-11,13-14H,2-8H2,1H3. The summed E-state index contributed by atoms with van der Waals surface area (Å²) >= 11 is 0. The predicted molar refractivity (Wildman–Crippen MR) is 75.2 cm³/mol. The molecule has 1 aromatic rings. The summed E-state index contributed by atoms with van der Waals surface area (Å²) < 4.78 is 13.5. The number of hydrogen-bond acceptors (Lipinski definition) is 1. The van der Waals surface area contributed by atoms with E-state index in [9.17, 15) is 4.39 Å². The first-order valence-corrected chi connectivity index (χ1v) is 7.41. The van der Waals surface area contributed by atoms with Crippen LogP contribution in [0.15, 0.2) is 18.2 Å². The maximum atomic E-state index is 13.5. The van der Waals surface area contributed by atoms with Gasteiger partial charge in [0.25, 0.3) is 0 Å². The highest BCUT2D eigenvalue weighted by Crippen LogP contribution is 2.33. The molecule has 0 aliphatic heterocycles. The molecule has 2 heteroatoms. The SMILES string of the molecule is CCC1CCC(CCc2ccc(C#N)c(F)c2)CC1. The van der Waals surface area contributed by atoms with Crippen molar-refractivity contribution in [2.45, 2.75) is 51.9 Å². The van der Waals surface area contributed by atoms with Crippen molar-refractivity contribution in [3.63, 3.8) is 0 Å². The lowest BCUT2D eigenvalue weighted by Gasteiger charge is -2.27. The predicted octanol–water partition coefficient (Wildman–Crippen LogP) is 4.85. The van der Waals surface area contributed by atoms with Gasteiger partial charge in [0.1, 0.15) is 11.9 Å². The summed E-state index contributed by atoms with van der Waals surface area (Å²) in [6.07, 6.45) is 8.79. The average Bonchev–Trinajstić information content (AvgIpc) is 2.46. The molecule has 0 unspecified atom stereocenters. The van der Waals surface area contributed by atoms with E-state index < -0.39 is 0 Å². The van der Waals surface area contributed by atoms with Crippen LogP contribution in [0.25, 0.3) is 0 Å². The third kappa shape index (κ3) is 3.80. The first-order valence-electron chi connectivity index (χ1n) is 7.41. The van der Waals surface area contributed by atoms with Crippen LogP contribution >= 0.6 is 0 Å². The number of aryl methyl sites for hydroxylation is 1. The Morgan fingerprint density at radius 1 is 1.21 bits per heavy atom. The van der Waals surface area contributed by atoms with Gasteiger partial charge < -0.3 is 0 Å². The zero-order valence-corrected chi connectivity index (χ0v) is 11.7. The quantitative estimate of drug-likeness (QED) is 0.758. The average molecular weight is 259 g/mol. The van der Waals surface area contributed by atoms with Crippen LogP contribution < -0.4 is 0 Å². The van der Waals surface area contributed by atoms with Crippen LogP contribution in [0.4, 0.5) is 4.39 Å². The molecule has 1 aliphatic carbocycles. The van der Waals surface area contributed by atoms with Crippen LogP contribution in [0.1, 0.15) is 56.6 Å². The topological polar surface area (TPSA) is 23.8 Å². The van der Waals surface area contributed by atoms with Gasteiger partial charge in [-0.05, 0) is 42.4 Å². The monoisotopic (exact) mass is 259 g/mol. The molecule has 1 saturated carbocycles. The van der Waals surface area contributed by atoms with Crippen LogP contribution in [0, 0.1) is 29.0 Å². The molecule has 0 N–H and O–H groups in total. The van der Waals surface area contributed by atoms with Crippen molar-refractivity contribution in [2.75, 3.05) is 0 Å². The minimum Gasteiger partial charge on any atom is -0.206 e. The minimum atomic E-state index is -0.380. The van der Waals surface area contributed by atoms with Gasteiger partial charge in [-0.1, -0.05) is 45.1 Å². The Morgan fingerprint density at radius 2 is 1.89 bits per heavy atom. The van der Waals surface area contributed by atoms with E-state index in [1.807, 2.05) is 12.1 Å². The maximum absolute atomic E-state index is 13.5. The van der Waals surface area contributed by atoms with Gasteiger partial charge in [-0.3, -0.25) is 0 Å². The third-order valence-electron chi connectivity index (χ3n) is 4.54. The van der Waals surface area contributed by atoms with Crippen molar-refractivity contribution in [1.29, 1.82) is 5.26 Å². The number of hydrogen-bond donors (Lipinski definition) is 0. The number of halogens is 1. The van der Waals surface area contributed by atoms with Crippen molar-refractivity contribution >= 4 is 0 Å². The van der Waals surface area contributed by atoms with E-state index in [0.29, 0.717) is 0 Å². The zero-order chi connectivity index (χ0) is 13.7. The molecule has 2 rings (SSSR count). The lowest BCUT2D eigenvalue weighted by molar-refractivity contribution is 0.259. The molecule has 1 aliphatic rings. The van der Waals surface area contributed by atoms with Gasteiger partial charge in [0, 0.05) is 0 Å². The van der Waals surface area contributed by atoms with Crippen LogP contribution in [-0.2, 0) is 6.42 Å². The summed E-state index contributed by atoms with van der Waals surface area (Å²) in [5, 5.41) is 8.70. The molecule has 0 heterocycles. The summed E-state index contributed by atoms with van der Waals surface area (Å²) in [4.78, 5) is 0. The number of rotatable bonds is 4. The minimum absolute atomic E-state index is 0.146. The molecule has 102 valence electrons. The van der Waals surface area contributed by atoms with Crippen LogP contribution in [-0.4, -0.2) is 0 Å². The van der Waals surface area contributed by atoms with Gasteiger partial charge in [0.05, 0.1) is 5.56 Å². The van der Waals surface area contributed by atoms with E-state index >= 15 is 0 Å². The van der Waals surface area contributed by atoms with E-state index in [0.717, 1.165) is 30.2 Å². The molecular weight excluding hydrogens is 237 g/mol. The molecule has 1 nitrogen and oxygen atoms in total. The van der Waals surface area contributed by atoms with E-state index in [2.05, 4.69) is 6.92 Å². The molecule has 1 fully saturated rings. The molecular formula is C17H22FN. The van der Waals surface area contributed by atoms with Crippen molar-refractivity contribution in [2.24, 2.45) is 11.8 Å². The largest absolute Gasteiger partial charge is 0.206 e. The second-order valence-corrected chi connectivity index (χ2v) is 5.76. The number of nitrogens with zero attached hydrogens (tertiary/aromatic N) is 1. The summed E-state index contributed by atoms with van der Waals surface area (Å²) in [5.41, 5.74) is 1.17. The van der Waals surface area contributed by atoms with Crippen LogP contribution in [0.5, 0.6) is 0 Å². The molecule has 0 spiro atoms. The second kappa shape index (κ2) is 6.70. The summed E-state index contributed by atoms with van der Waals surface area (Å²) in [5.74, 6) is 1.36. The number of benzene rings is 1. The van der Waals surface area contributed by atoms with Gasteiger partial charge in [-0.15, -0.1) is 0 Å². The van der Waals surface area contributed by atoms with E-state index in [-0.39, 0.29) is 11.4 Å². The molecule has 1 aromatic carbocycles. The third-order valence-corrected chi connectivity index (χ3v) is 4.54. The van der Waals surface area contributed by atoms with Gasteiger partial charge in [0.2, 0.25) is 0 Å². The highest BCUT2D eigenvalue weighted by atomic mass is 19.1. The van der Waals surface area contributed by atoms with Crippen molar-refractivity contribution in [3.05, 3.63) is 35.1 Å². The molecule has 0 radical (unpaired) electrons. The Balaban J connectivity index is 1.83. The fourth-order valence-electron chi connectivity index (χ4n) is 3.10. The Morgan fingerprint density at radius 3 is 2.47 bits per heavy atom. The highest BCUT2D eigenvalue weighted by Gasteiger charge is 2.19. The van der Waals surface area contributed by atoms with E-state index in [1.165, 1.54) is 38.2 Å². The van der Waals surface area contributed by atoms with E-state index in [1.54, 1.807) is 6.07 Å². The fourth-order valence-corrected chi connectivity index (χ4v) is 3.10. The zero-order valence-electron chi connectivity index (χ0n) is 11.7. The first kappa shape index (κ1) is 14.1. The molecule has 0 aromatic heterocycles. The second-order valence-electron chi connectivity index (χ2n) is 5.76. The van der Waals surface area contributed by atoms with Crippen molar-refractivity contribution < 1.29 is 4.39 Å². The van der Waals surface area contributed by atoms with Gasteiger partial charge in [-0.2, -0.15) is 5.26 Å². The fraction of sp³-hybridized carbons (Fsp3) is 0.588. The van der Waals surface area contributed by atoms with Crippen molar-refractivity contribution in [1.82, 2.24) is 0 Å². The lowest BCUT2D eigenvalue weighted by Crippen LogP contribution is -2.14. The highest BCUT2D eigenvalue weighted by molar-refractivity contribution is 5.33. The lowest BCUT2D eigenvalue weighted by atomic mass is 9.78. The summed E-state index contributed by atoms with van der Waals surface area (Å²) in [7, 11) is 0. The molecule has 0 saturated heterocycles. The van der Waals surface area contributed by atoms with Gasteiger partial charge >= 0.3 is 0 Å². The first-order chi connectivity index (χ1) is 9.22. The Bertz CT molecular complexity index is 453. The Labute approximate surface area is 115 Å². The Hall–Kier alpha value is -1.36. The molecule has 0 bridgehead atoms. The summed E-state index contributed by atoms with van der Waals surface area (Å²) in [6.45, 7) is 2.28. The summed E-state index contributed by atoms with van der Waals surface area (Å²) in [6, 6.07) is 6.87. The van der Waals surface area contributed by atoms with E-state index in [4.69, 9.17) is 5.26 Å². The normalized spacial score (nSPS) is 23.0. The molecule has 19 heavy (non-hydrogen) atoms. The van der Waals surface area contributed by atoms with Crippen LogP contribution in [0.2, 0.25) is 0 Å². The molecule has 0 atom stereocenters. The van der Waals surface area contributed by atoms with Crippen LogP contribution in [0.3, 0.4) is 0 Å². The smallest absolute Gasteiger partial charge is 0.141 e. The number of nitriles is 1. The molecule has 0 amide bonds. The maximum Gasteiger partial charge on any atom is 0.141 e. The van der Waals surface area contributed by atoms with Gasteiger partial charge in [0.15, 0.2) is 0 Å².